The molecule has 1 aromatic heterocycles. The summed E-state index contributed by atoms with van der Waals surface area (Å²) in [6.07, 6.45) is 0.340. The molecular formula is C13H11FO2S. The fraction of sp³-hybridized carbons (Fsp3) is 0.154. The SMILES string of the molecule is COc1cc(C(=O)Cc2cccs2)ccc1F. The molecule has 2 nitrogen and oxygen atoms in total. The predicted octanol–water partition coefficient (Wildman–Crippen LogP) is 3.32. The average molecular weight is 250 g/mol. The van der Waals surface area contributed by atoms with E-state index >= 15 is 0 Å². The number of Topliss-reactive ketones (excluding diaryl/α,β-unsaturated/α-hetero) is 1. The number of hydrogen-bond donors (Lipinski definition) is 0. The van der Waals surface area contributed by atoms with Gasteiger partial charge in [0.1, 0.15) is 0 Å². The summed E-state index contributed by atoms with van der Waals surface area (Å²) < 4.78 is 18.0. The number of methoxy groups -OCH3 is 1. The third-order valence-corrected chi connectivity index (χ3v) is 3.26. The maximum Gasteiger partial charge on any atom is 0.168 e. The summed E-state index contributed by atoms with van der Waals surface area (Å²) in [6.45, 7) is 0. The van der Waals surface area contributed by atoms with Crippen LogP contribution in [0.4, 0.5) is 4.39 Å². The molecule has 0 N–H and O–H groups in total. The number of carbonyl (C=O) groups excluding carboxylic acids is 1. The summed E-state index contributed by atoms with van der Waals surface area (Å²) in [7, 11) is 1.38. The third kappa shape index (κ3) is 2.71. The van der Waals surface area contributed by atoms with Crippen LogP contribution < -0.4 is 4.74 Å². The van der Waals surface area contributed by atoms with Crippen molar-refractivity contribution in [2.45, 2.75) is 6.42 Å². The van der Waals surface area contributed by atoms with Gasteiger partial charge in [-0.15, -0.1) is 11.3 Å². The van der Waals surface area contributed by atoms with Gasteiger partial charge in [-0.2, -0.15) is 0 Å². The zero-order valence-corrected chi connectivity index (χ0v) is 10.1. The second kappa shape index (κ2) is 5.10. The maximum atomic E-state index is 13.2. The molecule has 0 saturated carbocycles. The average Bonchev–Trinajstić information content (AvgIpc) is 2.82. The van der Waals surface area contributed by atoms with Gasteiger partial charge < -0.3 is 4.74 Å². The largest absolute Gasteiger partial charge is 0.494 e. The van der Waals surface area contributed by atoms with E-state index in [1.54, 1.807) is 0 Å². The Balaban J connectivity index is 2.19. The first-order valence-electron chi connectivity index (χ1n) is 5.10. The highest BCUT2D eigenvalue weighted by Crippen LogP contribution is 2.20. The normalized spacial score (nSPS) is 10.2. The smallest absolute Gasteiger partial charge is 0.168 e. The van der Waals surface area contributed by atoms with Crippen LogP contribution in [0.3, 0.4) is 0 Å². The molecule has 4 heteroatoms. The molecule has 0 bridgehead atoms. The minimum absolute atomic E-state index is 0.0363. The van der Waals surface area contributed by atoms with Crippen LogP contribution in [0.2, 0.25) is 0 Å². The Hall–Kier alpha value is -1.68. The number of halogens is 1. The lowest BCUT2D eigenvalue weighted by Gasteiger charge is -2.04. The number of rotatable bonds is 4. The van der Waals surface area contributed by atoms with Gasteiger partial charge in [-0.1, -0.05) is 6.07 Å². The molecule has 0 radical (unpaired) electrons. The van der Waals surface area contributed by atoms with Crippen LogP contribution in [-0.2, 0) is 6.42 Å². The van der Waals surface area contributed by atoms with Crippen molar-refractivity contribution in [3.05, 3.63) is 52.0 Å². The molecule has 0 saturated heterocycles. The molecule has 0 amide bonds. The fourth-order valence-corrected chi connectivity index (χ4v) is 2.21. The number of benzene rings is 1. The molecule has 0 unspecified atom stereocenters. The second-order valence-corrected chi connectivity index (χ2v) is 4.56. The Morgan fingerprint density at radius 3 is 2.88 bits per heavy atom. The molecule has 17 heavy (non-hydrogen) atoms. The summed E-state index contributed by atoms with van der Waals surface area (Å²) in [6, 6.07) is 7.97. The number of ketones is 1. The molecule has 0 fully saturated rings. The Bertz CT molecular complexity index is 520. The van der Waals surface area contributed by atoms with Crippen molar-refractivity contribution in [1.29, 1.82) is 0 Å². The molecule has 0 aliphatic carbocycles. The summed E-state index contributed by atoms with van der Waals surface area (Å²) in [5.74, 6) is -0.395. The lowest BCUT2D eigenvalue weighted by atomic mass is 10.1. The van der Waals surface area contributed by atoms with Crippen molar-refractivity contribution < 1.29 is 13.9 Å². The van der Waals surface area contributed by atoms with Gasteiger partial charge in [0.2, 0.25) is 0 Å². The van der Waals surface area contributed by atoms with Crippen molar-refractivity contribution in [3.63, 3.8) is 0 Å². The zero-order chi connectivity index (χ0) is 12.3. The fourth-order valence-electron chi connectivity index (χ4n) is 1.51. The summed E-state index contributed by atoms with van der Waals surface area (Å²) >= 11 is 1.53. The first kappa shape index (κ1) is 11.8. The summed E-state index contributed by atoms with van der Waals surface area (Å²) in [4.78, 5) is 12.9. The van der Waals surface area contributed by atoms with Crippen LogP contribution >= 0.6 is 11.3 Å². The number of carbonyl (C=O) groups is 1. The third-order valence-electron chi connectivity index (χ3n) is 2.39. The van der Waals surface area contributed by atoms with Crippen molar-refractivity contribution in [3.8, 4) is 5.75 Å². The van der Waals surface area contributed by atoms with Crippen LogP contribution in [0.25, 0.3) is 0 Å². The van der Waals surface area contributed by atoms with E-state index < -0.39 is 5.82 Å². The topological polar surface area (TPSA) is 26.3 Å². The predicted molar refractivity (Wildman–Crippen MR) is 65.3 cm³/mol. The standard InChI is InChI=1S/C13H11FO2S/c1-16-13-7-9(4-5-11(13)14)12(15)8-10-3-2-6-17-10/h2-7H,8H2,1H3. The van der Waals surface area contributed by atoms with E-state index in [4.69, 9.17) is 4.74 Å². The quantitative estimate of drug-likeness (QED) is 0.778. The minimum Gasteiger partial charge on any atom is -0.494 e. The van der Waals surface area contributed by atoms with Gasteiger partial charge in [0.25, 0.3) is 0 Å². The first-order chi connectivity index (χ1) is 8.20. The highest BCUT2D eigenvalue weighted by Gasteiger charge is 2.11. The minimum atomic E-state index is -0.458. The van der Waals surface area contributed by atoms with Gasteiger partial charge in [0, 0.05) is 16.9 Å². The molecule has 0 atom stereocenters. The maximum absolute atomic E-state index is 13.2. The lowest BCUT2D eigenvalue weighted by Crippen LogP contribution is -2.03. The van der Waals surface area contributed by atoms with Crippen molar-refractivity contribution in [2.75, 3.05) is 7.11 Å². The number of ether oxygens (including phenoxy) is 1. The molecule has 88 valence electrons. The van der Waals surface area contributed by atoms with E-state index in [2.05, 4.69) is 0 Å². The lowest BCUT2D eigenvalue weighted by molar-refractivity contribution is 0.0993. The van der Waals surface area contributed by atoms with E-state index in [0.29, 0.717) is 12.0 Å². The molecule has 0 aliphatic rings. The van der Waals surface area contributed by atoms with E-state index in [1.165, 1.54) is 36.6 Å². The highest BCUT2D eigenvalue weighted by atomic mass is 32.1. The van der Waals surface area contributed by atoms with Gasteiger partial charge in [0.15, 0.2) is 17.3 Å². The van der Waals surface area contributed by atoms with Gasteiger partial charge in [-0.3, -0.25) is 4.79 Å². The van der Waals surface area contributed by atoms with Crippen molar-refractivity contribution in [2.24, 2.45) is 0 Å². The molecule has 2 aromatic rings. The van der Waals surface area contributed by atoms with Crippen molar-refractivity contribution >= 4 is 17.1 Å². The second-order valence-electron chi connectivity index (χ2n) is 3.53. The Kier molecular flexibility index (Phi) is 3.54. The number of thiophene rings is 1. The Morgan fingerprint density at radius 2 is 2.24 bits per heavy atom. The molecule has 0 spiro atoms. The molecule has 1 heterocycles. The Labute approximate surface area is 103 Å². The van der Waals surface area contributed by atoms with Gasteiger partial charge >= 0.3 is 0 Å². The molecule has 1 aromatic carbocycles. The van der Waals surface area contributed by atoms with E-state index in [0.717, 1.165) is 4.88 Å². The Morgan fingerprint density at radius 1 is 1.41 bits per heavy atom. The zero-order valence-electron chi connectivity index (χ0n) is 9.27. The van der Waals surface area contributed by atoms with Crippen molar-refractivity contribution in [1.82, 2.24) is 0 Å². The van der Waals surface area contributed by atoms with Crippen LogP contribution in [-0.4, -0.2) is 12.9 Å². The summed E-state index contributed by atoms with van der Waals surface area (Å²) in [5, 5.41) is 1.92. The first-order valence-corrected chi connectivity index (χ1v) is 5.98. The molecule has 2 rings (SSSR count). The van der Waals surface area contributed by atoms with Crippen LogP contribution in [0.5, 0.6) is 5.75 Å². The van der Waals surface area contributed by atoms with E-state index in [1.807, 2.05) is 17.5 Å². The van der Waals surface area contributed by atoms with Crippen LogP contribution in [0.15, 0.2) is 35.7 Å². The molecular weight excluding hydrogens is 239 g/mol. The highest BCUT2D eigenvalue weighted by molar-refractivity contribution is 7.10. The van der Waals surface area contributed by atoms with Gasteiger partial charge in [0.05, 0.1) is 7.11 Å². The van der Waals surface area contributed by atoms with Gasteiger partial charge in [-0.25, -0.2) is 4.39 Å². The van der Waals surface area contributed by atoms with Crippen LogP contribution in [0, 0.1) is 5.82 Å². The van der Waals surface area contributed by atoms with Crippen LogP contribution in [0.1, 0.15) is 15.2 Å². The summed E-state index contributed by atoms with van der Waals surface area (Å²) in [5.41, 5.74) is 0.469. The van der Waals surface area contributed by atoms with E-state index in [9.17, 15) is 9.18 Å². The van der Waals surface area contributed by atoms with Gasteiger partial charge in [-0.05, 0) is 29.6 Å². The molecule has 0 aliphatic heterocycles. The monoisotopic (exact) mass is 250 g/mol. The number of hydrogen-bond acceptors (Lipinski definition) is 3. The van der Waals surface area contributed by atoms with E-state index in [-0.39, 0.29) is 11.5 Å².